The zero-order valence-electron chi connectivity index (χ0n) is 19.6. The van der Waals surface area contributed by atoms with E-state index >= 15 is 0 Å². The third-order valence-corrected chi connectivity index (χ3v) is 7.17. The minimum absolute atomic E-state index is 0.0603. The highest BCUT2D eigenvalue weighted by atomic mass is 32.2. The summed E-state index contributed by atoms with van der Waals surface area (Å²) in [7, 11) is 1.62. The van der Waals surface area contributed by atoms with E-state index in [-0.39, 0.29) is 22.9 Å². The molecule has 9 nitrogen and oxygen atoms in total. The zero-order valence-corrected chi connectivity index (χ0v) is 20.5. The molecule has 2 aliphatic rings. The van der Waals surface area contributed by atoms with E-state index in [1.165, 1.54) is 23.9 Å². The van der Waals surface area contributed by atoms with Gasteiger partial charge in [-0.3, -0.25) is 14.9 Å². The number of ketones is 1. The smallest absolute Gasteiger partial charge is 0.269 e. The summed E-state index contributed by atoms with van der Waals surface area (Å²) in [5.41, 5.74) is 3.43. The number of ether oxygens (including phenoxy) is 1. The molecular formula is C25H25N5O4S. The van der Waals surface area contributed by atoms with Crippen molar-refractivity contribution in [2.24, 2.45) is 5.41 Å². The fourth-order valence-electron chi connectivity index (χ4n) is 4.61. The first-order valence-electron chi connectivity index (χ1n) is 11.2. The summed E-state index contributed by atoms with van der Waals surface area (Å²) >= 11 is 1.44. The molecule has 2 heterocycles. The molecule has 2 aromatic carbocycles. The number of hydrogen-bond acceptors (Lipinski definition) is 8. The van der Waals surface area contributed by atoms with E-state index in [4.69, 9.17) is 14.8 Å². The number of non-ortho nitro benzene ring substituents is 1. The SMILES string of the molecule is COc1ccc(C2C3=C(CC(C)(C)CC3=O)Nc3nc(SCc4ccc([N+](=O)[O-])cc4)nn32)cc1. The lowest BCUT2D eigenvalue weighted by molar-refractivity contribution is -0.384. The number of benzene rings is 2. The predicted octanol–water partition coefficient (Wildman–Crippen LogP) is 5.15. The highest BCUT2D eigenvalue weighted by molar-refractivity contribution is 7.98. The second-order valence-corrected chi connectivity index (χ2v) is 10.5. The van der Waals surface area contributed by atoms with Crippen molar-refractivity contribution in [1.29, 1.82) is 0 Å². The Bertz CT molecular complexity index is 1330. The average molecular weight is 492 g/mol. The van der Waals surface area contributed by atoms with Gasteiger partial charge >= 0.3 is 0 Å². The lowest BCUT2D eigenvalue weighted by Gasteiger charge is -2.38. The number of nitrogens with one attached hydrogen (secondary N) is 1. The van der Waals surface area contributed by atoms with Crippen LogP contribution in [-0.2, 0) is 10.5 Å². The Balaban J connectivity index is 1.47. The first-order chi connectivity index (χ1) is 16.7. The number of rotatable bonds is 6. The summed E-state index contributed by atoms with van der Waals surface area (Å²) in [5, 5.41) is 19.6. The number of fused-ring (bicyclic) bond motifs is 1. The molecule has 0 radical (unpaired) electrons. The van der Waals surface area contributed by atoms with Crippen LogP contribution in [0.1, 0.15) is 43.9 Å². The van der Waals surface area contributed by atoms with Crippen LogP contribution < -0.4 is 10.1 Å². The maximum atomic E-state index is 13.3. The van der Waals surface area contributed by atoms with Gasteiger partial charge in [0.2, 0.25) is 11.1 Å². The lowest BCUT2D eigenvalue weighted by atomic mass is 9.73. The summed E-state index contributed by atoms with van der Waals surface area (Å²) in [5.74, 6) is 2.02. The van der Waals surface area contributed by atoms with Gasteiger partial charge in [0.05, 0.1) is 12.0 Å². The molecule has 1 aliphatic carbocycles. The summed E-state index contributed by atoms with van der Waals surface area (Å²) in [6.45, 7) is 4.20. The molecule has 0 spiro atoms. The molecule has 0 fully saturated rings. The first kappa shape index (κ1) is 23.1. The fourth-order valence-corrected chi connectivity index (χ4v) is 5.39. The van der Waals surface area contributed by atoms with Gasteiger partial charge in [-0.25, -0.2) is 4.68 Å². The topological polar surface area (TPSA) is 112 Å². The summed E-state index contributed by atoms with van der Waals surface area (Å²) < 4.78 is 7.10. The van der Waals surface area contributed by atoms with E-state index in [2.05, 4.69) is 19.2 Å². The van der Waals surface area contributed by atoms with Crippen LogP contribution in [0.25, 0.3) is 0 Å². The number of carbonyl (C=O) groups excluding carboxylic acids is 1. The van der Waals surface area contributed by atoms with Gasteiger partial charge in [0.1, 0.15) is 11.8 Å². The maximum absolute atomic E-state index is 13.3. The maximum Gasteiger partial charge on any atom is 0.269 e. The van der Waals surface area contributed by atoms with Crippen LogP contribution >= 0.6 is 11.8 Å². The average Bonchev–Trinajstić information content (AvgIpc) is 3.23. The highest BCUT2D eigenvalue weighted by Gasteiger charge is 2.41. The van der Waals surface area contributed by atoms with Crippen molar-refractivity contribution in [3.05, 3.63) is 81.0 Å². The van der Waals surface area contributed by atoms with Gasteiger partial charge in [-0.05, 0) is 35.1 Å². The highest BCUT2D eigenvalue weighted by Crippen LogP contribution is 2.45. The molecule has 1 N–H and O–H groups in total. The van der Waals surface area contributed by atoms with Crippen molar-refractivity contribution >= 4 is 29.2 Å². The molecule has 3 aromatic rings. The Morgan fingerprint density at radius 3 is 2.54 bits per heavy atom. The third-order valence-electron chi connectivity index (χ3n) is 6.26. The molecule has 0 bridgehead atoms. The molecule has 0 amide bonds. The number of carbonyl (C=O) groups is 1. The standard InChI is InChI=1S/C25H25N5O4S/c1-25(2)12-19-21(20(31)13-25)22(16-6-10-18(34-3)11-7-16)29-23(26-19)27-24(28-29)35-14-15-4-8-17(9-5-15)30(32)33/h4-11,22H,12-14H2,1-3H3,(H,26,27,28). The Morgan fingerprint density at radius 2 is 1.89 bits per heavy atom. The summed E-state index contributed by atoms with van der Waals surface area (Å²) in [6, 6.07) is 13.8. The Morgan fingerprint density at radius 1 is 1.17 bits per heavy atom. The summed E-state index contributed by atoms with van der Waals surface area (Å²) in [6.07, 6.45) is 1.23. The van der Waals surface area contributed by atoms with Crippen molar-refractivity contribution in [2.75, 3.05) is 12.4 Å². The molecule has 180 valence electrons. The minimum atomic E-state index is -0.412. The van der Waals surface area contributed by atoms with E-state index in [9.17, 15) is 14.9 Å². The van der Waals surface area contributed by atoms with E-state index in [1.54, 1.807) is 23.9 Å². The molecule has 1 unspecified atom stereocenters. The van der Waals surface area contributed by atoms with Gasteiger partial charge in [-0.15, -0.1) is 5.10 Å². The molecule has 10 heteroatoms. The van der Waals surface area contributed by atoms with Crippen LogP contribution in [0.2, 0.25) is 0 Å². The molecule has 1 aliphatic heterocycles. The molecular weight excluding hydrogens is 466 g/mol. The number of aromatic nitrogens is 3. The quantitative estimate of drug-likeness (QED) is 0.286. The number of nitro benzene ring substituents is 1. The van der Waals surface area contributed by atoms with Crippen LogP contribution in [0, 0.1) is 15.5 Å². The molecule has 1 atom stereocenters. The van der Waals surface area contributed by atoms with Crippen molar-refractivity contribution in [1.82, 2.24) is 14.8 Å². The third kappa shape index (κ3) is 4.53. The van der Waals surface area contributed by atoms with Gasteiger partial charge in [-0.1, -0.05) is 49.9 Å². The van der Waals surface area contributed by atoms with Crippen molar-refractivity contribution in [3.63, 3.8) is 0 Å². The van der Waals surface area contributed by atoms with E-state index < -0.39 is 4.92 Å². The van der Waals surface area contributed by atoms with E-state index in [0.29, 0.717) is 23.3 Å². The zero-order chi connectivity index (χ0) is 24.7. The summed E-state index contributed by atoms with van der Waals surface area (Å²) in [4.78, 5) is 28.5. The van der Waals surface area contributed by atoms with Crippen molar-refractivity contribution in [3.8, 4) is 5.75 Å². The predicted molar refractivity (Wildman–Crippen MR) is 132 cm³/mol. The van der Waals surface area contributed by atoms with Crippen LogP contribution in [0.4, 0.5) is 11.6 Å². The Hall–Kier alpha value is -3.66. The monoisotopic (exact) mass is 491 g/mol. The van der Waals surface area contributed by atoms with Gasteiger partial charge in [0.25, 0.3) is 5.69 Å². The van der Waals surface area contributed by atoms with Crippen molar-refractivity contribution < 1.29 is 14.5 Å². The van der Waals surface area contributed by atoms with Crippen LogP contribution in [0.5, 0.6) is 5.75 Å². The number of hydrogen-bond donors (Lipinski definition) is 1. The largest absolute Gasteiger partial charge is 0.497 e. The second-order valence-electron chi connectivity index (χ2n) is 9.51. The van der Waals surface area contributed by atoms with E-state index in [1.807, 2.05) is 24.3 Å². The van der Waals surface area contributed by atoms with Gasteiger partial charge < -0.3 is 10.1 Å². The number of methoxy groups -OCH3 is 1. The first-order valence-corrected chi connectivity index (χ1v) is 12.2. The van der Waals surface area contributed by atoms with Crippen molar-refractivity contribution in [2.45, 2.75) is 43.6 Å². The fraction of sp³-hybridized carbons (Fsp3) is 0.320. The molecule has 5 rings (SSSR count). The normalized spacial score (nSPS) is 18.5. The van der Waals surface area contributed by atoms with Crippen LogP contribution in [-0.4, -0.2) is 32.6 Å². The number of nitro groups is 1. The molecule has 1 aromatic heterocycles. The minimum Gasteiger partial charge on any atom is -0.497 e. The Labute approximate surface area is 206 Å². The van der Waals surface area contributed by atoms with Crippen LogP contribution in [0.3, 0.4) is 0 Å². The molecule has 0 saturated heterocycles. The van der Waals surface area contributed by atoms with Gasteiger partial charge in [0.15, 0.2) is 5.78 Å². The molecule has 0 saturated carbocycles. The van der Waals surface area contributed by atoms with Gasteiger partial charge in [-0.2, -0.15) is 4.98 Å². The van der Waals surface area contributed by atoms with Gasteiger partial charge in [0, 0.05) is 35.6 Å². The molecule has 35 heavy (non-hydrogen) atoms. The number of allylic oxidation sites excluding steroid dienone is 2. The number of Topliss-reactive ketones (excluding diaryl/α,β-unsaturated/α-hetero) is 1. The number of nitrogens with zero attached hydrogens (tertiary/aromatic N) is 4. The number of anilines is 1. The second kappa shape index (κ2) is 8.84. The van der Waals surface area contributed by atoms with E-state index in [0.717, 1.165) is 34.6 Å². The van der Waals surface area contributed by atoms with Crippen LogP contribution in [0.15, 0.2) is 65.0 Å². The lowest BCUT2D eigenvalue weighted by Crippen LogP contribution is -2.36. The number of thioether (sulfide) groups is 1. The Kier molecular flexibility index (Phi) is 5.84.